The van der Waals surface area contributed by atoms with Crippen LogP contribution in [0.25, 0.3) is 0 Å². The van der Waals surface area contributed by atoms with Crippen LogP contribution in [-0.4, -0.2) is 49.9 Å². The fraction of sp³-hybridized carbons (Fsp3) is 0.625. The molecule has 0 N–H and O–H groups in total. The van der Waals surface area contributed by atoms with E-state index >= 15 is 0 Å². The summed E-state index contributed by atoms with van der Waals surface area (Å²) in [5.74, 6) is 0. The smallest absolute Gasteiger partial charge is 0.282 e. The molecule has 130 valence electrons. The number of rotatable bonds is 7. The molecule has 7 heteroatoms. The number of methoxy groups -OCH3 is 1. The first-order valence-corrected chi connectivity index (χ1v) is 9.61. The van der Waals surface area contributed by atoms with Crippen LogP contribution in [0.3, 0.4) is 0 Å². The molecule has 0 bridgehead atoms. The summed E-state index contributed by atoms with van der Waals surface area (Å²) in [5.41, 5.74) is 0.927. The Morgan fingerprint density at radius 3 is 2.35 bits per heavy atom. The summed E-state index contributed by atoms with van der Waals surface area (Å²) in [6.07, 6.45) is 1.67. The third kappa shape index (κ3) is 3.88. The monoisotopic (exact) mass is 360 g/mol. The van der Waals surface area contributed by atoms with Crippen molar-refractivity contribution in [3.8, 4) is 0 Å². The Morgan fingerprint density at radius 1 is 1.30 bits per heavy atom. The second-order valence-corrected chi connectivity index (χ2v) is 8.31. The van der Waals surface area contributed by atoms with E-state index in [1.54, 1.807) is 26.3 Å². The molecule has 1 saturated carbocycles. The normalized spacial score (nSPS) is 23.1. The average Bonchev–Trinajstić information content (AvgIpc) is 2.47. The maximum absolute atomic E-state index is 13.0. The van der Waals surface area contributed by atoms with Crippen molar-refractivity contribution in [3.05, 3.63) is 34.9 Å². The standard InChI is InChI=1S/C16H25ClN2O3S/c1-5-19(12(2)13-6-8-14(17)9-7-13)23(20,21)18(3)15-10-16(11-15)22-4/h6-9,12,15-16H,5,10-11H2,1-4H3/t12-,15?,16?/m0/s1. The molecule has 0 aliphatic heterocycles. The molecule has 0 radical (unpaired) electrons. The van der Waals surface area contributed by atoms with Crippen molar-refractivity contribution < 1.29 is 13.2 Å². The summed E-state index contributed by atoms with van der Waals surface area (Å²) in [6, 6.07) is 7.07. The van der Waals surface area contributed by atoms with E-state index < -0.39 is 10.2 Å². The fourth-order valence-corrected chi connectivity index (χ4v) is 4.78. The molecule has 0 amide bonds. The lowest BCUT2D eigenvalue weighted by atomic mass is 9.89. The van der Waals surface area contributed by atoms with E-state index in [2.05, 4.69) is 0 Å². The quantitative estimate of drug-likeness (QED) is 0.750. The average molecular weight is 361 g/mol. The van der Waals surface area contributed by atoms with Gasteiger partial charge in [-0.2, -0.15) is 17.0 Å². The number of hydrogen-bond donors (Lipinski definition) is 0. The molecule has 5 nitrogen and oxygen atoms in total. The van der Waals surface area contributed by atoms with E-state index in [1.165, 1.54) is 8.61 Å². The minimum Gasteiger partial charge on any atom is -0.381 e. The predicted octanol–water partition coefficient (Wildman–Crippen LogP) is 3.08. The van der Waals surface area contributed by atoms with Crippen molar-refractivity contribution in [2.75, 3.05) is 20.7 Å². The van der Waals surface area contributed by atoms with Crippen molar-refractivity contribution in [2.24, 2.45) is 0 Å². The lowest BCUT2D eigenvalue weighted by Gasteiger charge is -2.42. The van der Waals surface area contributed by atoms with Crippen molar-refractivity contribution in [1.82, 2.24) is 8.61 Å². The van der Waals surface area contributed by atoms with Crippen LogP contribution in [0.1, 0.15) is 38.3 Å². The zero-order valence-electron chi connectivity index (χ0n) is 14.1. The van der Waals surface area contributed by atoms with Gasteiger partial charge in [-0.1, -0.05) is 30.7 Å². The Morgan fingerprint density at radius 2 is 1.87 bits per heavy atom. The molecule has 0 aromatic heterocycles. The van der Waals surface area contributed by atoms with Gasteiger partial charge >= 0.3 is 0 Å². The van der Waals surface area contributed by atoms with Gasteiger partial charge in [0.15, 0.2) is 0 Å². The highest BCUT2D eigenvalue weighted by molar-refractivity contribution is 7.86. The highest BCUT2D eigenvalue weighted by Crippen LogP contribution is 2.32. The summed E-state index contributed by atoms with van der Waals surface area (Å²) in [6.45, 7) is 4.17. The second-order valence-electron chi connectivity index (χ2n) is 5.94. The Labute approximate surface area is 144 Å². The Balaban J connectivity index is 2.16. The van der Waals surface area contributed by atoms with Crippen LogP contribution in [0.2, 0.25) is 5.02 Å². The third-order valence-corrected chi connectivity index (χ3v) is 7.12. The van der Waals surface area contributed by atoms with Gasteiger partial charge in [-0.05, 0) is 37.5 Å². The van der Waals surface area contributed by atoms with Crippen LogP contribution in [0.4, 0.5) is 0 Å². The van der Waals surface area contributed by atoms with Crippen LogP contribution >= 0.6 is 11.6 Å². The molecule has 0 spiro atoms. The van der Waals surface area contributed by atoms with E-state index in [-0.39, 0.29) is 18.2 Å². The van der Waals surface area contributed by atoms with E-state index in [9.17, 15) is 8.42 Å². The molecule has 1 aliphatic carbocycles. The minimum absolute atomic E-state index is 0.0106. The van der Waals surface area contributed by atoms with Gasteiger partial charge in [0.05, 0.1) is 6.10 Å². The zero-order chi connectivity index (χ0) is 17.2. The van der Waals surface area contributed by atoms with Gasteiger partial charge in [0, 0.05) is 37.8 Å². The summed E-state index contributed by atoms with van der Waals surface area (Å²) >= 11 is 5.91. The largest absolute Gasteiger partial charge is 0.381 e. The molecule has 1 fully saturated rings. The maximum Gasteiger partial charge on any atom is 0.282 e. The fourth-order valence-electron chi connectivity index (χ4n) is 2.93. The van der Waals surface area contributed by atoms with E-state index in [0.717, 1.165) is 18.4 Å². The van der Waals surface area contributed by atoms with Gasteiger partial charge < -0.3 is 4.74 Å². The molecule has 0 heterocycles. The van der Waals surface area contributed by atoms with Crippen LogP contribution < -0.4 is 0 Å². The van der Waals surface area contributed by atoms with E-state index in [0.29, 0.717) is 11.6 Å². The first-order chi connectivity index (χ1) is 10.8. The Hall–Kier alpha value is -0.660. The SMILES string of the molecule is CCN([C@@H](C)c1ccc(Cl)cc1)S(=O)(=O)N(C)C1CC(OC)C1. The first-order valence-electron chi connectivity index (χ1n) is 7.84. The van der Waals surface area contributed by atoms with Gasteiger partial charge in [-0.3, -0.25) is 0 Å². The van der Waals surface area contributed by atoms with Gasteiger partial charge in [0.1, 0.15) is 0 Å². The van der Waals surface area contributed by atoms with Gasteiger partial charge in [0.25, 0.3) is 10.2 Å². The van der Waals surface area contributed by atoms with Crippen LogP contribution in [0.15, 0.2) is 24.3 Å². The summed E-state index contributed by atoms with van der Waals surface area (Å²) in [4.78, 5) is 0. The highest BCUT2D eigenvalue weighted by atomic mass is 35.5. The number of benzene rings is 1. The van der Waals surface area contributed by atoms with E-state index in [4.69, 9.17) is 16.3 Å². The molecule has 0 saturated heterocycles. The molecule has 0 unspecified atom stereocenters. The van der Waals surface area contributed by atoms with Crippen molar-refractivity contribution in [1.29, 1.82) is 0 Å². The molecule has 1 atom stereocenters. The number of ether oxygens (including phenoxy) is 1. The van der Waals surface area contributed by atoms with Crippen LogP contribution in [0, 0.1) is 0 Å². The van der Waals surface area contributed by atoms with Crippen molar-refractivity contribution in [3.63, 3.8) is 0 Å². The lowest BCUT2D eigenvalue weighted by molar-refractivity contribution is -0.000874. The van der Waals surface area contributed by atoms with Gasteiger partial charge in [0.2, 0.25) is 0 Å². The number of nitrogens with zero attached hydrogens (tertiary/aromatic N) is 2. The van der Waals surface area contributed by atoms with Gasteiger partial charge in [-0.15, -0.1) is 0 Å². The predicted molar refractivity (Wildman–Crippen MR) is 92.7 cm³/mol. The van der Waals surface area contributed by atoms with Gasteiger partial charge in [-0.25, -0.2) is 0 Å². The molecule has 1 aliphatic rings. The topological polar surface area (TPSA) is 49.9 Å². The number of halogens is 1. The Bertz CT molecular complexity index is 615. The van der Waals surface area contributed by atoms with Crippen molar-refractivity contribution >= 4 is 21.8 Å². The summed E-state index contributed by atoms with van der Waals surface area (Å²) < 4.78 is 34.2. The summed E-state index contributed by atoms with van der Waals surface area (Å²) in [5, 5.41) is 0.643. The molecule has 1 aromatic carbocycles. The minimum atomic E-state index is -3.52. The number of hydrogen-bond acceptors (Lipinski definition) is 3. The molecule has 23 heavy (non-hydrogen) atoms. The van der Waals surface area contributed by atoms with Crippen LogP contribution in [-0.2, 0) is 14.9 Å². The third-order valence-electron chi connectivity index (χ3n) is 4.67. The maximum atomic E-state index is 13.0. The first kappa shape index (κ1) is 18.7. The van der Waals surface area contributed by atoms with Crippen molar-refractivity contribution in [2.45, 2.75) is 44.9 Å². The molecular weight excluding hydrogens is 336 g/mol. The molecule has 2 rings (SSSR count). The highest BCUT2D eigenvalue weighted by Gasteiger charge is 2.40. The second kappa shape index (κ2) is 7.49. The molecule has 1 aromatic rings. The molecular formula is C16H25ClN2O3S. The lowest BCUT2D eigenvalue weighted by Crippen LogP contribution is -2.53. The summed E-state index contributed by atoms with van der Waals surface area (Å²) in [7, 11) is -0.203. The van der Waals surface area contributed by atoms with Crippen LogP contribution in [0.5, 0.6) is 0 Å². The Kier molecular flexibility index (Phi) is 6.08. The van der Waals surface area contributed by atoms with E-state index in [1.807, 2.05) is 26.0 Å². The zero-order valence-corrected chi connectivity index (χ0v) is 15.6.